The zero-order chi connectivity index (χ0) is 13.2. The zero-order valence-corrected chi connectivity index (χ0v) is 12.8. The molecule has 102 valence electrons. The monoisotopic (exact) mass is 267 g/mol. The van der Waals surface area contributed by atoms with E-state index in [4.69, 9.17) is 0 Å². The van der Waals surface area contributed by atoms with E-state index in [0.717, 1.165) is 19.6 Å². The summed E-state index contributed by atoms with van der Waals surface area (Å²) >= 11 is 1.83. The number of hydrogen-bond donors (Lipinski definition) is 1. The van der Waals surface area contributed by atoms with Gasteiger partial charge in [-0.05, 0) is 18.3 Å². The minimum Gasteiger partial charge on any atom is -0.348 e. The molecule has 0 radical (unpaired) electrons. The van der Waals surface area contributed by atoms with Crippen LogP contribution < -0.4 is 10.2 Å². The lowest BCUT2D eigenvalue weighted by molar-refractivity contribution is 0.280. The van der Waals surface area contributed by atoms with Gasteiger partial charge in [-0.25, -0.2) is 4.98 Å². The molecule has 1 aliphatic rings. The molecule has 3 nitrogen and oxygen atoms in total. The standard InChI is InChI=1S/C14H25N3S/c1-11(2)15-9-12-10-16-13(18-12)17-7-5-14(3,4)6-8-17/h10-11,15H,5-9H2,1-4H3. The van der Waals surface area contributed by atoms with Crippen molar-refractivity contribution >= 4 is 16.5 Å². The van der Waals surface area contributed by atoms with Gasteiger partial charge in [0.15, 0.2) is 5.13 Å². The summed E-state index contributed by atoms with van der Waals surface area (Å²) in [6, 6.07) is 0.534. The van der Waals surface area contributed by atoms with Crippen LogP contribution in [0.5, 0.6) is 0 Å². The fourth-order valence-corrected chi connectivity index (χ4v) is 3.05. The Bertz CT molecular complexity index is 374. The Morgan fingerprint density at radius 1 is 1.39 bits per heavy atom. The molecule has 1 aromatic heterocycles. The number of nitrogens with zero attached hydrogens (tertiary/aromatic N) is 2. The van der Waals surface area contributed by atoms with E-state index in [9.17, 15) is 0 Å². The summed E-state index contributed by atoms with van der Waals surface area (Å²) in [4.78, 5) is 8.35. The summed E-state index contributed by atoms with van der Waals surface area (Å²) in [5.41, 5.74) is 0.510. The summed E-state index contributed by atoms with van der Waals surface area (Å²) in [5.74, 6) is 0. The quantitative estimate of drug-likeness (QED) is 0.907. The Morgan fingerprint density at radius 3 is 2.67 bits per heavy atom. The van der Waals surface area contributed by atoms with Crippen LogP contribution in [-0.2, 0) is 6.54 Å². The van der Waals surface area contributed by atoms with Crippen LogP contribution in [0.15, 0.2) is 6.20 Å². The van der Waals surface area contributed by atoms with E-state index >= 15 is 0 Å². The Hall–Kier alpha value is -0.610. The minimum absolute atomic E-state index is 0.510. The van der Waals surface area contributed by atoms with Crippen LogP contribution in [0.4, 0.5) is 5.13 Å². The molecule has 18 heavy (non-hydrogen) atoms. The van der Waals surface area contributed by atoms with Crippen molar-refractivity contribution < 1.29 is 0 Å². The molecule has 0 atom stereocenters. The first-order valence-electron chi connectivity index (χ1n) is 6.89. The minimum atomic E-state index is 0.510. The fourth-order valence-electron chi connectivity index (χ4n) is 2.13. The van der Waals surface area contributed by atoms with Gasteiger partial charge in [0.2, 0.25) is 0 Å². The van der Waals surface area contributed by atoms with Gasteiger partial charge in [0.05, 0.1) is 0 Å². The highest BCUT2D eigenvalue weighted by atomic mass is 32.1. The maximum Gasteiger partial charge on any atom is 0.185 e. The van der Waals surface area contributed by atoms with Crippen LogP contribution in [0.3, 0.4) is 0 Å². The molecule has 1 fully saturated rings. The molecule has 2 heterocycles. The lowest BCUT2D eigenvalue weighted by Gasteiger charge is -2.36. The molecule has 1 aliphatic heterocycles. The van der Waals surface area contributed by atoms with Crippen LogP contribution in [0.25, 0.3) is 0 Å². The number of aromatic nitrogens is 1. The van der Waals surface area contributed by atoms with Gasteiger partial charge in [0.1, 0.15) is 0 Å². The predicted octanol–water partition coefficient (Wildman–Crippen LogP) is 3.27. The topological polar surface area (TPSA) is 28.2 Å². The van der Waals surface area contributed by atoms with Crippen LogP contribution in [0.2, 0.25) is 0 Å². The van der Waals surface area contributed by atoms with Crippen molar-refractivity contribution in [2.45, 2.75) is 53.1 Å². The summed E-state index contributed by atoms with van der Waals surface area (Å²) in [7, 11) is 0. The van der Waals surface area contributed by atoms with E-state index in [2.05, 4.69) is 42.9 Å². The molecule has 0 aromatic carbocycles. The second kappa shape index (κ2) is 5.57. The summed E-state index contributed by atoms with van der Waals surface area (Å²) in [5, 5.41) is 4.64. The summed E-state index contributed by atoms with van der Waals surface area (Å²) in [6.45, 7) is 12.3. The first-order chi connectivity index (χ1) is 8.46. The second-order valence-corrected chi connectivity index (χ2v) is 7.39. The number of thiazole rings is 1. The van der Waals surface area contributed by atoms with E-state index in [1.807, 2.05) is 17.5 Å². The van der Waals surface area contributed by atoms with E-state index in [-0.39, 0.29) is 0 Å². The molecular weight excluding hydrogens is 242 g/mol. The molecule has 0 bridgehead atoms. The van der Waals surface area contributed by atoms with Crippen LogP contribution in [0, 0.1) is 5.41 Å². The zero-order valence-electron chi connectivity index (χ0n) is 12.0. The maximum absolute atomic E-state index is 4.57. The van der Waals surface area contributed by atoms with Gasteiger partial charge >= 0.3 is 0 Å². The number of rotatable bonds is 4. The first kappa shape index (κ1) is 13.8. The highest BCUT2D eigenvalue weighted by Crippen LogP contribution is 2.33. The lowest BCUT2D eigenvalue weighted by atomic mass is 9.83. The Morgan fingerprint density at radius 2 is 2.06 bits per heavy atom. The molecule has 0 saturated carbocycles. The van der Waals surface area contributed by atoms with Crippen molar-refractivity contribution in [3.8, 4) is 0 Å². The molecule has 4 heteroatoms. The predicted molar refractivity (Wildman–Crippen MR) is 79.3 cm³/mol. The Kier molecular flexibility index (Phi) is 4.28. The van der Waals surface area contributed by atoms with Gasteiger partial charge in [-0.1, -0.05) is 27.7 Å². The SMILES string of the molecule is CC(C)NCc1cnc(N2CCC(C)(C)CC2)s1. The van der Waals surface area contributed by atoms with Crippen molar-refractivity contribution in [1.82, 2.24) is 10.3 Å². The molecule has 2 rings (SSSR count). The van der Waals surface area contributed by atoms with Crippen molar-refractivity contribution in [3.05, 3.63) is 11.1 Å². The average molecular weight is 267 g/mol. The third-order valence-corrected chi connectivity index (χ3v) is 4.67. The molecule has 1 saturated heterocycles. The Balaban J connectivity index is 1.90. The van der Waals surface area contributed by atoms with E-state index in [1.54, 1.807) is 0 Å². The number of piperidine rings is 1. The molecule has 0 aliphatic carbocycles. The molecule has 0 spiro atoms. The molecular formula is C14H25N3S. The van der Waals surface area contributed by atoms with E-state index in [0.29, 0.717) is 11.5 Å². The van der Waals surface area contributed by atoms with Crippen LogP contribution in [-0.4, -0.2) is 24.1 Å². The number of hydrogen-bond acceptors (Lipinski definition) is 4. The number of anilines is 1. The van der Waals surface area contributed by atoms with Gasteiger partial charge in [-0.15, -0.1) is 11.3 Å². The van der Waals surface area contributed by atoms with Crippen LogP contribution in [0.1, 0.15) is 45.4 Å². The van der Waals surface area contributed by atoms with E-state index < -0.39 is 0 Å². The summed E-state index contributed by atoms with van der Waals surface area (Å²) in [6.07, 6.45) is 4.56. The molecule has 1 aromatic rings. The highest BCUT2D eigenvalue weighted by Gasteiger charge is 2.26. The van der Waals surface area contributed by atoms with Crippen molar-refractivity contribution in [2.75, 3.05) is 18.0 Å². The van der Waals surface area contributed by atoms with E-state index in [1.165, 1.54) is 22.9 Å². The van der Waals surface area contributed by atoms with Gasteiger partial charge < -0.3 is 10.2 Å². The molecule has 0 unspecified atom stereocenters. The first-order valence-corrected chi connectivity index (χ1v) is 7.71. The third kappa shape index (κ3) is 3.69. The highest BCUT2D eigenvalue weighted by molar-refractivity contribution is 7.15. The number of nitrogens with one attached hydrogen (secondary N) is 1. The van der Waals surface area contributed by atoms with Crippen molar-refractivity contribution in [2.24, 2.45) is 5.41 Å². The Labute approximate surface area is 115 Å². The smallest absolute Gasteiger partial charge is 0.185 e. The van der Waals surface area contributed by atoms with Gasteiger partial charge in [-0.3, -0.25) is 0 Å². The largest absolute Gasteiger partial charge is 0.348 e. The third-order valence-electron chi connectivity index (χ3n) is 3.61. The normalized spacial score (nSPS) is 19.5. The van der Waals surface area contributed by atoms with Crippen LogP contribution >= 0.6 is 11.3 Å². The van der Waals surface area contributed by atoms with Gasteiger partial charge in [0.25, 0.3) is 0 Å². The fraction of sp³-hybridized carbons (Fsp3) is 0.786. The maximum atomic E-state index is 4.57. The average Bonchev–Trinajstić information content (AvgIpc) is 2.75. The van der Waals surface area contributed by atoms with Crippen molar-refractivity contribution in [1.29, 1.82) is 0 Å². The van der Waals surface area contributed by atoms with Gasteiger partial charge in [0, 0.05) is 36.8 Å². The second-order valence-electron chi connectivity index (χ2n) is 6.30. The summed E-state index contributed by atoms with van der Waals surface area (Å²) < 4.78 is 0. The van der Waals surface area contributed by atoms with Gasteiger partial charge in [-0.2, -0.15) is 0 Å². The molecule has 1 N–H and O–H groups in total. The lowest BCUT2D eigenvalue weighted by Crippen LogP contribution is -2.37. The molecule has 0 amide bonds. The van der Waals surface area contributed by atoms with Crippen molar-refractivity contribution in [3.63, 3.8) is 0 Å².